The minimum Gasteiger partial charge on any atom is -0.497 e. The lowest BCUT2D eigenvalue weighted by atomic mass is 9.98. The summed E-state index contributed by atoms with van der Waals surface area (Å²) in [7, 11) is -2.99. The van der Waals surface area contributed by atoms with Crippen LogP contribution in [0.15, 0.2) is 181 Å². The van der Waals surface area contributed by atoms with E-state index in [1.165, 1.54) is 28.8 Å². The summed E-state index contributed by atoms with van der Waals surface area (Å²) >= 11 is 1.35. The molecule has 71 heavy (non-hydrogen) atoms. The molecule has 1 aliphatic heterocycles. The van der Waals surface area contributed by atoms with Gasteiger partial charge in [0.25, 0.3) is 11.8 Å². The number of phosphoric acid groups is 1. The van der Waals surface area contributed by atoms with Crippen LogP contribution in [0, 0.1) is 0 Å². The molecular weight excluding hydrogens is 940 g/mol. The molecule has 0 saturated heterocycles. The van der Waals surface area contributed by atoms with Crippen LogP contribution in [0.1, 0.15) is 54.3 Å². The molecule has 7 aromatic carbocycles. The maximum Gasteiger partial charge on any atom is 0.527 e. The lowest BCUT2D eigenvalue weighted by Crippen LogP contribution is -2.57. The second kappa shape index (κ2) is 22.1. The van der Waals surface area contributed by atoms with Gasteiger partial charge in [0.05, 0.1) is 24.7 Å². The highest BCUT2D eigenvalue weighted by Crippen LogP contribution is 2.49. The molecule has 4 unspecified atom stereocenters. The number of benzene rings is 7. The number of ether oxygens (including phenoxy) is 2. The number of phosphoric ester groups is 1. The Bertz CT molecular complexity index is 3040. The topological polar surface area (TPSA) is 182 Å². The summed E-state index contributed by atoms with van der Waals surface area (Å²) in [6.45, 7) is 4.92. The van der Waals surface area contributed by atoms with E-state index in [1.807, 2.05) is 78.9 Å². The van der Waals surface area contributed by atoms with E-state index in [9.17, 15) is 14.3 Å². The van der Waals surface area contributed by atoms with Gasteiger partial charge in [0.2, 0.25) is 5.91 Å². The summed E-state index contributed by atoms with van der Waals surface area (Å²) in [5.41, 5.74) is 2.46. The molecule has 14 nitrogen and oxygen atoms in total. The summed E-state index contributed by atoms with van der Waals surface area (Å²) in [5, 5.41) is 9.82. The predicted octanol–water partition coefficient (Wildman–Crippen LogP) is 10.7. The van der Waals surface area contributed by atoms with Crippen molar-refractivity contribution in [1.82, 2.24) is 10.6 Å². The van der Waals surface area contributed by atoms with E-state index in [0.29, 0.717) is 44.3 Å². The summed E-state index contributed by atoms with van der Waals surface area (Å²) in [6, 6.07) is 47.7. The van der Waals surface area contributed by atoms with Crippen molar-refractivity contribution in [2.24, 2.45) is 0 Å². The van der Waals surface area contributed by atoms with Crippen LogP contribution in [0.25, 0.3) is 10.8 Å². The Balaban J connectivity index is 1.15. The minimum absolute atomic E-state index is 0.0225. The number of alkyl carbamates (subject to hydrolysis) is 1. The number of hydrogen-bond donors (Lipinski definition) is 4. The van der Waals surface area contributed by atoms with Crippen molar-refractivity contribution in [1.29, 1.82) is 0 Å². The molecule has 4 N–H and O–H groups in total. The maximum absolute atomic E-state index is 15.9. The van der Waals surface area contributed by atoms with Crippen molar-refractivity contribution < 1.29 is 47.2 Å². The fraction of sp³-hybridized carbons (Fsp3) is 0.200. The molecule has 8 rings (SSSR count). The van der Waals surface area contributed by atoms with Gasteiger partial charge in [0.15, 0.2) is 0 Å². The number of hydrogen-bond acceptors (Lipinski definition) is 10. The quantitative estimate of drug-likeness (QED) is 0.0676. The summed E-state index contributed by atoms with van der Waals surface area (Å²) < 4.78 is 34.5. The first kappa shape index (κ1) is 50.0. The van der Waals surface area contributed by atoms with Gasteiger partial charge in [-0.05, 0) is 90.9 Å². The SMILES string of the molecule is COc1ccc(C2Sc3ccccc3N(C(C(=O)Nc3cccc4ccccc34)c3ccccc3)C(=O)C2NC(=O)[C@H](Cc2ccc(OP(=O)(O)OCc3ccccc3)cc2)NC(=O)OC(C)(C)C)cc1. The largest absolute Gasteiger partial charge is 0.527 e. The Hall–Kier alpha value is -7.42. The number of anilines is 2. The molecule has 0 saturated carbocycles. The molecular formula is C55H53N4O10PS. The van der Waals surface area contributed by atoms with Gasteiger partial charge >= 0.3 is 13.9 Å². The standard InChI is InChI=1S/C55H53N4O10PS/c1-55(2,3)68-54(63)57-45(34-36-26-30-42(31-27-36)69-70(64,65)67-35-37-16-7-5-8-17-37)51(60)58-48-50(40-28-32-41(66-4)33-29-40)71-47-25-14-13-24-46(47)59(53(48)62)49(39-19-9-6-10-20-39)52(61)56-44-23-15-21-38-18-11-12-22-43(38)44/h5-33,45,48-50H,34-35H2,1-4H3,(H,56,61)(H,57,63)(H,58,60)(H,64,65)/t45-,48?,49?,50?/m0/s1. The molecule has 0 spiro atoms. The van der Waals surface area contributed by atoms with E-state index in [2.05, 4.69) is 16.0 Å². The second-order valence-corrected chi connectivity index (χ2v) is 20.2. The van der Waals surface area contributed by atoms with Crippen molar-refractivity contribution in [3.05, 3.63) is 198 Å². The van der Waals surface area contributed by atoms with E-state index in [4.69, 9.17) is 18.5 Å². The molecule has 1 aliphatic rings. The van der Waals surface area contributed by atoms with Gasteiger partial charge in [0.1, 0.15) is 35.2 Å². The van der Waals surface area contributed by atoms with Crippen molar-refractivity contribution in [2.45, 2.75) is 67.7 Å². The number of rotatable bonds is 16. The van der Waals surface area contributed by atoms with E-state index >= 15 is 14.4 Å². The van der Waals surface area contributed by atoms with Gasteiger partial charge in [-0.3, -0.25) is 28.7 Å². The molecule has 7 aromatic rings. The van der Waals surface area contributed by atoms with Crippen LogP contribution in [0.2, 0.25) is 0 Å². The zero-order chi connectivity index (χ0) is 50.1. The van der Waals surface area contributed by atoms with E-state index in [1.54, 1.807) is 113 Å². The molecule has 1 heterocycles. The molecule has 364 valence electrons. The van der Waals surface area contributed by atoms with Gasteiger partial charge < -0.3 is 29.9 Å². The van der Waals surface area contributed by atoms with Crippen LogP contribution >= 0.6 is 19.6 Å². The van der Waals surface area contributed by atoms with Crippen molar-refractivity contribution in [3.63, 3.8) is 0 Å². The molecule has 5 atom stereocenters. The Kier molecular flexibility index (Phi) is 15.6. The van der Waals surface area contributed by atoms with Crippen LogP contribution in [-0.4, -0.2) is 53.5 Å². The van der Waals surface area contributed by atoms with Gasteiger partial charge in [0, 0.05) is 22.4 Å². The number of para-hydroxylation sites is 1. The number of carbonyl (C=O) groups is 4. The molecule has 4 amide bonds. The number of nitrogens with zero attached hydrogens (tertiary/aromatic N) is 1. The highest BCUT2D eigenvalue weighted by atomic mass is 32.2. The fourth-order valence-electron chi connectivity index (χ4n) is 8.13. The number of methoxy groups -OCH3 is 1. The van der Waals surface area contributed by atoms with Gasteiger partial charge in [-0.25, -0.2) is 9.36 Å². The normalized spacial score (nSPS) is 16.3. The van der Waals surface area contributed by atoms with E-state index in [-0.39, 0.29) is 18.8 Å². The zero-order valence-electron chi connectivity index (χ0n) is 39.4. The van der Waals surface area contributed by atoms with Crippen LogP contribution in [0.3, 0.4) is 0 Å². The first-order chi connectivity index (χ1) is 34.1. The second-order valence-electron chi connectivity index (χ2n) is 17.7. The van der Waals surface area contributed by atoms with Crippen molar-refractivity contribution in [3.8, 4) is 11.5 Å². The Morgan fingerprint density at radius 1 is 0.732 bits per heavy atom. The van der Waals surface area contributed by atoms with E-state index < -0.39 is 60.6 Å². The number of amides is 4. The first-order valence-electron chi connectivity index (χ1n) is 22.8. The highest BCUT2D eigenvalue weighted by Gasteiger charge is 2.45. The van der Waals surface area contributed by atoms with Crippen LogP contribution in [0.5, 0.6) is 11.5 Å². The Morgan fingerprint density at radius 2 is 1.37 bits per heavy atom. The lowest BCUT2D eigenvalue weighted by Gasteiger charge is -2.34. The van der Waals surface area contributed by atoms with Crippen LogP contribution in [0.4, 0.5) is 16.2 Å². The molecule has 0 bridgehead atoms. The average molecular weight is 993 g/mol. The van der Waals surface area contributed by atoms with Crippen LogP contribution in [-0.2, 0) is 41.2 Å². The van der Waals surface area contributed by atoms with Crippen LogP contribution < -0.4 is 30.1 Å². The number of nitrogens with one attached hydrogen (secondary N) is 3. The fourth-order valence-corrected chi connectivity index (χ4v) is 10.2. The molecule has 16 heteroatoms. The first-order valence-corrected chi connectivity index (χ1v) is 25.2. The zero-order valence-corrected chi connectivity index (χ0v) is 41.1. The predicted molar refractivity (Wildman–Crippen MR) is 274 cm³/mol. The molecule has 0 aromatic heterocycles. The van der Waals surface area contributed by atoms with E-state index in [0.717, 1.165) is 10.8 Å². The number of thioether (sulfide) groups is 1. The lowest BCUT2D eigenvalue weighted by molar-refractivity contribution is -0.129. The van der Waals surface area contributed by atoms with Gasteiger partial charge in [-0.15, -0.1) is 11.8 Å². The summed E-state index contributed by atoms with van der Waals surface area (Å²) in [5.74, 6) is -1.22. The Morgan fingerprint density at radius 3 is 2.07 bits per heavy atom. The third kappa shape index (κ3) is 12.7. The summed E-state index contributed by atoms with van der Waals surface area (Å²) in [6.07, 6.45) is -0.997. The molecule has 0 radical (unpaired) electrons. The maximum atomic E-state index is 15.9. The number of fused-ring (bicyclic) bond motifs is 2. The van der Waals surface area contributed by atoms with Crippen molar-refractivity contribution >= 4 is 65.5 Å². The van der Waals surface area contributed by atoms with Gasteiger partial charge in [-0.2, -0.15) is 0 Å². The molecule has 0 aliphatic carbocycles. The third-order valence-corrected chi connectivity index (χ3v) is 13.7. The highest BCUT2D eigenvalue weighted by molar-refractivity contribution is 7.99. The van der Waals surface area contributed by atoms with Crippen molar-refractivity contribution in [2.75, 3.05) is 17.3 Å². The Labute approximate surface area is 416 Å². The third-order valence-electron chi connectivity index (χ3n) is 11.4. The average Bonchev–Trinajstić information content (AvgIpc) is 3.47. The number of carbonyl (C=O) groups excluding carboxylic acids is 4. The minimum atomic E-state index is -4.54. The summed E-state index contributed by atoms with van der Waals surface area (Å²) in [4.78, 5) is 72.2. The molecule has 0 fully saturated rings. The smallest absolute Gasteiger partial charge is 0.497 e. The monoisotopic (exact) mass is 992 g/mol. The van der Waals surface area contributed by atoms with Gasteiger partial charge in [-0.1, -0.05) is 133 Å².